The van der Waals surface area contributed by atoms with Crippen LogP contribution < -0.4 is 9.88 Å². The zero-order chi connectivity index (χ0) is 16.0. The molecule has 0 saturated carbocycles. The number of nitrogens with two attached hydrogens (primary N) is 1. The molecule has 21 heavy (non-hydrogen) atoms. The molecule has 0 radical (unpaired) electrons. The Bertz CT molecular complexity index is 606. The molecule has 9 heteroatoms. The Morgan fingerprint density at radius 3 is 2.67 bits per heavy atom. The van der Waals surface area contributed by atoms with Crippen molar-refractivity contribution >= 4 is 27.3 Å². The summed E-state index contributed by atoms with van der Waals surface area (Å²) in [6.07, 6.45) is 1.03. The molecule has 0 aromatic heterocycles. The van der Waals surface area contributed by atoms with E-state index < -0.39 is 14.9 Å². The molecular formula is C12H17ClN2O5S. The van der Waals surface area contributed by atoms with Crippen LogP contribution in [0.1, 0.15) is 19.8 Å². The van der Waals surface area contributed by atoms with E-state index in [2.05, 4.69) is 0 Å². The van der Waals surface area contributed by atoms with E-state index in [-0.39, 0.29) is 34.7 Å². The van der Waals surface area contributed by atoms with Crippen molar-refractivity contribution in [1.82, 2.24) is 0 Å². The van der Waals surface area contributed by atoms with Gasteiger partial charge in [-0.05, 0) is 24.8 Å². The topological polar surface area (TPSA) is 113 Å². The quantitative estimate of drug-likeness (QED) is 0.578. The zero-order valence-electron chi connectivity index (χ0n) is 11.5. The highest BCUT2D eigenvalue weighted by Crippen LogP contribution is 2.29. The average molecular weight is 337 g/mol. The summed E-state index contributed by atoms with van der Waals surface area (Å²) in [6.45, 7) is 2.16. The molecule has 118 valence electrons. The highest BCUT2D eigenvalue weighted by Gasteiger charge is 2.12. The number of rotatable bonds is 8. The minimum atomic E-state index is -3.46. The number of hydrogen-bond acceptors (Lipinski definition) is 5. The maximum Gasteiger partial charge on any atom is 0.273 e. The van der Waals surface area contributed by atoms with E-state index in [1.165, 1.54) is 18.2 Å². The second-order valence-corrected chi connectivity index (χ2v) is 6.91. The Morgan fingerprint density at radius 2 is 2.10 bits per heavy atom. The number of benzene rings is 1. The molecule has 0 aliphatic rings. The highest BCUT2D eigenvalue weighted by atomic mass is 35.5. The normalized spacial score (nSPS) is 12.9. The SMILES string of the molecule is CC(CCOc1cc([N+](=O)[O-])ccc1Cl)CCS(N)(=O)=O. The average Bonchev–Trinajstić information content (AvgIpc) is 2.37. The molecule has 2 N–H and O–H groups in total. The fourth-order valence-electron chi connectivity index (χ4n) is 1.60. The van der Waals surface area contributed by atoms with Gasteiger partial charge in [0.15, 0.2) is 0 Å². The lowest BCUT2D eigenvalue weighted by molar-refractivity contribution is -0.384. The summed E-state index contributed by atoms with van der Waals surface area (Å²) >= 11 is 5.89. The van der Waals surface area contributed by atoms with Crippen molar-refractivity contribution in [1.29, 1.82) is 0 Å². The van der Waals surface area contributed by atoms with Gasteiger partial charge in [-0.25, -0.2) is 13.6 Å². The van der Waals surface area contributed by atoms with Gasteiger partial charge in [0.05, 0.1) is 28.4 Å². The second kappa shape index (κ2) is 7.58. The number of non-ortho nitro benzene ring substituents is 1. The standard InChI is InChI=1S/C12H17ClN2O5S/c1-9(5-7-21(14,18)19)4-6-20-12-8-10(15(16)17)2-3-11(12)13/h2-3,8-9H,4-7H2,1H3,(H2,14,18,19). The first-order valence-corrected chi connectivity index (χ1v) is 8.35. The van der Waals surface area contributed by atoms with Crippen molar-refractivity contribution in [3.63, 3.8) is 0 Å². The van der Waals surface area contributed by atoms with E-state index in [1.54, 1.807) is 0 Å². The van der Waals surface area contributed by atoms with Crippen LogP contribution in [-0.2, 0) is 10.0 Å². The van der Waals surface area contributed by atoms with Crippen molar-refractivity contribution in [3.8, 4) is 5.75 Å². The molecule has 0 bridgehead atoms. The maximum atomic E-state index is 10.8. The van der Waals surface area contributed by atoms with Gasteiger partial charge in [0, 0.05) is 6.07 Å². The predicted octanol–water partition coefficient (Wildman–Crippen LogP) is 2.33. The summed E-state index contributed by atoms with van der Waals surface area (Å²) in [5.41, 5.74) is -0.100. The Hall–Kier alpha value is -1.38. The first-order valence-electron chi connectivity index (χ1n) is 6.26. The first-order chi connectivity index (χ1) is 9.69. The van der Waals surface area contributed by atoms with Crippen molar-refractivity contribution in [3.05, 3.63) is 33.3 Å². The van der Waals surface area contributed by atoms with E-state index in [0.29, 0.717) is 12.8 Å². The second-order valence-electron chi connectivity index (χ2n) is 4.77. The van der Waals surface area contributed by atoms with Crippen molar-refractivity contribution in [2.24, 2.45) is 11.1 Å². The Kier molecular flexibility index (Phi) is 6.38. The van der Waals surface area contributed by atoms with Gasteiger partial charge in [-0.2, -0.15) is 0 Å². The van der Waals surface area contributed by atoms with Crippen LogP contribution in [0.25, 0.3) is 0 Å². The van der Waals surface area contributed by atoms with Gasteiger partial charge in [0.25, 0.3) is 5.69 Å². The van der Waals surface area contributed by atoms with Gasteiger partial charge < -0.3 is 4.74 Å². The lowest BCUT2D eigenvalue weighted by atomic mass is 10.1. The van der Waals surface area contributed by atoms with Crippen LogP contribution in [-0.4, -0.2) is 25.7 Å². The van der Waals surface area contributed by atoms with E-state index in [0.717, 1.165) is 0 Å². The fourth-order valence-corrected chi connectivity index (χ4v) is 2.50. The van der Waals surface area contributed by atoms with Crippen LogP contribution in [0.15, 0.2) is 18.2 Å². The minimum absolute atomic E-state index is 0.0776. The molecule has 1 atom stereocenters. The molecule has 1 aromatic carbocycles. The third kappa shape index (κ3) is 6.74. The Labute approximate surface area is 128 Å². The van der Waals surface area contributed by atoms with E-state index in [1.807, 2.05) is 6.92 Å². The molecule has 1 rings (SSSR count). The van der Waals surface area contributed by atoms with Gasteiger partial charge in [-0.15, -0.1) is 0 Å². The molecule has 0 saturated heterocycles. The molecule has 1 unspecified atom stereocenters. The van der Waals surface area contributed by atoms with Crippen LogP contribution in [0, 0.1) is 16.0 Å². The summed E-state index contributed by atoms with van der Waals surface area (Å²) in [5, 5.41) is 15.9. The third-order valence-corrected chi connectivity index (χ3v) is 4.01. The number of sulfonamides is 1. The smallest absolute Gasteiger partial charge is 0.273 e. The number of ether oxygens (including phenoxy) is 1. The minimum Gasteiger partial charge on any atom is -0.492 e. The molecule has 0 aliphatic carbocycles. The number of halogens is 1. The Morgan fingerprint density at radius 1 is 1.43 bits per heavy atom. The lowest BCUT2D eigenvalue weighted by Crippen LogP contribution is -2.18. The summed E-state index contributed by atoms with van der Waals surface area (Å²) in [6, 6.07) is 3.96. The monoisotopic (exact) mass is 336 g/mol. The number of nitrogens with zero attached hydrogens (tertiary/aromatic N) is 1. The summed E-state index contributed by atoms with van der Waals surface area (Å²) in [5.74, 6) is 0.261. The first kappa shape index (κ1) is 17.7. The third-order valence-electron chi connectivity index (χ3n) is 2.89. The van der Waals surface area contributed by atoms with Crippen molar-refractivity contribution < 1.29 is 18.1 Å². The summed E-state index contributed by atoms with van der Waals surface area (Å²) in [4.78, 5) is 10.1. The number of primary sulfonamides is 1. The van der Waals surface area contributed by atoms with Crippen molar-refractivity contribution in [2.45, 2.75) is 19.8 Å². The molecular weight excluding hydrogens is 320 g/mol. The van der Waals surface area contributed by atoms with E-state index in [9.17, 15) is 18.5 Å². The van der Waals surface area contributed by atoms with E-state index in [4.69, 9.17) is 21.5 Å². The molecule has 0 amide bonds. The number of hydrogen-bond donors (Lipinski definition) is 1. The summed E-state index contributed by atoms with van der Waals surface area (Å²) < 4.78 is 27.1. The Balaban J connectivity index is 2.48. The highest BCUT2D eigenvalue weighted by molar-refractivity contribution is 7.89. The van der Waals surface area contributed by atoms with Crippen LogP contribution in [0.3, 0.4) is 0 Å². The number of nitro benzene ring substituents is 1. The predicted molar refractivity (Wildman–Crippen MR) is 80.0 cm³/mol. The van der Waals surface area contributed by atoms with Gasteiger partial charge in [0.2, 0.25) is 10.0 Å². The van der Waals surface area contributed by atoms with Crippen LogP contribution in [0.4, 0.5) is 5.69 Å². The van der Waals surface area contributed by atoms with Gasteiger partial charge >= 0.3 is 0 Å². The van der Waals surface area contributed by atoms with Gasteiger partial charge in [-0.1, -0.05) is 18.5 Å². The molecule has 0 fully saturated rings. The van der Waals surface area contributed by atoms with Crippen LogP contribution >= 0.6 is 11.6 Å². The lowest BCUT2D eigenvalue weighted by Gasteiger charge is -2.12. The van der Waals surface area contributed by atoms with E-state index >= 15 is 0 Å². The molecule has 0 spiro atoms. The van der Waals surface area contributed by atoms with Gasteiger partial charge in [0.1, 0.15) is 5.75 Å². The van der Waals surface area contributed by atoms with Gasteiger partial charge in [-0.3, -0.25) is 10.1 Å². The van der Waals surface area contributed by atoms with Crippen molar-refractivity contribution in [2.75, 3.05) is 12.4 Å². The zero-order valence-corrected chi connectivity index (χ0v) is 13.1. The molecule has 0 aliphatic heterocycles. The molecule has 7 nitrogen and oxygen atoms in total. The van der Waals surface area contributed by atoms with Crippen LogP contribution in [0.2, 0.25) is 5.02 Å². The summed E-state index contributed by atoms with van der Waals surface area (Å²) in [7, 11) is -3.46. The maximum absolute atomic E-state index is 10.8. The van der Waals surface area contributed by atoms with Crippen LogP contribution in [0.5, 0.6) is 5.75 Å². The fraction of sp³-hybridized carbons (Fsp3) is 0.500. The number of nitro groups is 1. The molecule has 1 aromatic rings. The largest absolute Gasteiger partial charge is 0.492 e. The molecule has 0 heterocycles.